The molecule has 0 saturated carbocycles. The second-order valence-electron chi connectivity index (χ2n) is 4.50. The Kier molecular flexibility index (Phi) is 4.18. The van der Waals surface area contributed by atoms with Crippen LogP contribution in [0.4, 0.5) is 5.69 Å². The van der Waals surface area contributed by atoms with Gasteiger partial charge in [-0.2, -0.15) is 5.10 Å². The third-order valence-electron chi connectivity index (χ3n) is 2.60. The highest BCUT2D eigenvalue weighted by atomic mass is 16.5. The maximum Gasteiger partial charge on any atom is 0.266 e. The van der Waals surface area contributed by atoms with Crippen molar-refractivity contribution in [2.75, 3.05) is 11.9 Å². The van der Waals surface area contributed by atoms with Crippen molar-refractivity contribution < 1.29 is 4.74 Å². The average molecular weight is 259 g/mol. The van der Waals surface area contributed by atoms with Gasteiger partial charge in [-0.1, -0.05) is 17.7 Å². The quantitative estimate of drug-likeness (QED) is 0.861. The van der Waals surface area contributed by atoms with Crippen LogP contribution in [0.1, 0.15) is 12.5 Å². The number of nitrogens with one attached hydrogen (secondary N) is 2. The van der Waals surface area contributed by atoms with Gasteiger partial charge in [0.15, 0.2) is 0 Å². The molecule has 1 aromatic carbocycles. The second-order valence-corrected chi connectivity index (χ2v) is 4.50. The predicted molar refractivity (Wildman–Crippen MR) is 74.6 cm³/mol. The molecule has 0 amide bonds. The Bertz CT molecular complexity index is 578. The number of nitrogens with zero attached hydrogens (tertiary/aromatic N) is 1. The molecule has 0 bridgehead atoms. The summed E-state index contributed by atoms with van der Waals surface area (Å²) in [4.78, 5) is 11.1. The Hall–Kier alpha value is -2.30. The predicted octanol–water partition coefficient (Wildman–Crippen LogP) is 1.96. The fraction of sp³-hybridized carbons (Fsp3) is 0.286. The van der Waals surface area contributed by atoms with E-state index in [-0.39, 0.29) is 11.6 Å². The molecular formula is C14H17N3O2. The molecule has 0 radical (unpaired) electrons. The molecule has 2 aromatic rings. The van der Waals surface area contributed by atoms with Crippen molar-refractivity contribution in [1.82, 2.24) is 10.2 Å². The molecule has 2 rings (SSSR count). The summed E-state index contributed by atoms with van der Waals surface area (Å²) in [6.07, 6.45) is 1.57. The summed E-state index contributed by atoms with van der Waals surface area (Å²) >= 11 is 0. The van der Waals surface area contributed by atoms with E-state index in [2.05, 4.69) is 15.5 Å². The number of aromatic amines is 1. The lowest BCUT2D eigenvalue weighted by Gasteiger charge is -2.15. The van der Waals surface area contributed by atoms with Crippen molar-refractivity contribution >= 4 is 5.69 Å². The fourth-order valence-corrected chi connectivity index (χ4v) is 1.64. The lowest BCUT2D eigenvalue weighted by molar-refractivity contribution is 0.304. The van der Waals surface area contributed by atoms with E-state index in [0.717, 1.165) is 5.75 Å². The Morgan fingerprint density at radius 2 is 2.11 bits per heavy atom. The minimum Gasteiger partial charge on any atom is -0.491 e. The minimum absolute atomic E-state index is 0.0740. The first-order chi connectivity index (χ1) is 9.13. The Morgan fingerprint density at radius 1 is 1.37 bits per heavy atom. The van der Waals surface area contributed by atoms with E-state index in [4.69, 9.17) is 4.74 Å². The van der Waals surface area contributed by atoms with Gasteiger partial charge in [-0.05, 0) is 26.0 Å². The number of aryl methyl sites for hydroxylation is 1. The molecule has 0 saturated heterocycles. The van der Waals surface area contributed by atoms with E-state index in [1.807, 2.05) is 38.1 Å². The van der Waals surface area contributed by atoms with Crippen molar-refractivity contribution in [3.63, 3.8) is 0 Å². The van der Waals surface area contributed by atoms with Crippen LogP contribution in [0.5, 0.6) is 5.75 Å². The van der Waals surface area contributed by atoms with Gasteiger partial charge in [0.25, 0.3) is 5.56 Å². The number of rotatable bonds is 5. The molecule has 0 aliphatic rings. The summed E-state index contributed by atoms with van der Waals surface area (Å²) in [7, 11) is 0. The standard InChI is InChI=1S/C14H17N3O2/c1-10-3-5-13(6-4-10)19-9-11(2)16-12-7-14(18)17-15-8-12/h3-8,11H,9H2,1-2H3,(H2,16,17,18). The van der Waals surface area contributed by atoms with Gasteiger partial charge in [0.05, 0.1) is 17.9 Å². The third kappa shape index (κ3) is 4.13. The van der Waals surface area contributed by atoms with Crippen LogP contribution in [0.25, 0.3) is 0 Å². The molecule has 19 heavy (non-hydrogen) atoms. The van der Waals surface area contributed by atoms with Gasteiger partial charge >= 0.3 is 0 Å². The summed E-state index contributed by atoms with van der Waals surface area (Å²) in [5, 5.41) is 9.21. The van der Waals surface area contributed by atoms with Crippen LogP contribution in [0.3, 0.4) is 0 Å². The number of ether oxygens (including phenoxy) is 1. The summed E-state index contributed by atoms with van der Waals surface area (Å²) in [6.45, 7) is 4.53. The third-order valence-corrected chi connectivity index (χ3v) is 2.60. The molecule has 0 aliphatic heterocycles. The number of anilines is 1. The Morgan fingerprint density at radius 3 is 2.79 bits per heavy atom. The lowest BCUT2D eigenvalue weighted by atomic mass is 10.2. The largest absolute Gasteiger partial charge is 0.491 e. The average Bonchev–Trinajstić information content (AvgIpc) is 2.38. The lowest BCUT2D eigenvalue weighted by Crippen LogP contribution is -2.24. The van der Waals surface area contributed by atoms with Gasteiger partial charge < -0.3 is 10.1 Å². The summed E-state index contributed by atoms with van der Waals surface area (Å²) < 4.78 is 5.66. The van der Waals surface area contributed by atoms with Crippen LogP contribution in [-0.4, -0.2) is 22.8 Å². The zero-order valence-electron chi connectivity index (χ0n) is 11.0. The molecule has 2 N–H and O–H groups in total. The van der Waals surface area contributed by atoms with Crippen LogP contribution < -0.4 is 15.6 Å². The number of hydrogen-bond acceptors (Lipinski definition) is 4. The van der Waals surface area contributed by atoms with Crippen LogP contribution >= 0.6 is 0 Å². The molecule has 0 spiro atoms. The molecule has 100 valence electrons. The van der Waals surface area contributed by atoms with E-state index in [1.165, 1.54) is 11.6 Å². The van der Waals surface area contributed by atoms with Gasteiger partial charge in [0, 0.05) is 6.07 Å². The molecule has 0 fully saturated rings. The zero-order valence-corrected chi connectivity index (χ0v) is 11.0. The van der Waals surface area contributed by atoms with Gasteiger partial charge in [0.2, 0.25) is 0 Å². The molecule has 5 nitrogen and oxygen atoms in total. The van der Waals surface area contributed by atoms with Gasteiger partial charge in [-0.15, -0.1) is 0 Å². The van der Waals surface area contributed by atoms with Crippen molar-refractivity contribution in [1.29, 1.82) is 0 Å². The second kappa shape index (κ2) is 6.04. The first-order valence-electron chi connectivity index (χ1n) is 6.14. The SMILES string of the molecule is Cc1ccc(OCC(C)Nc2cn[nH]c(=O)c2)cc1. The van der Waals surface area contributed by atoms with Gasteiger partial charge in [-0.25, -0.2) is 5.10 Å². The van der Waals surface area contributed by atoms with E-state index < -0.39 is 0 Å². The Balaban J connectivity index is 1.86. The van der Waals surface area contributed by atoms with Crippen molar-refractivity contribution in [3.05, 3.63) is 52.4 Å². The highest BCUT2D eigenvalue weighted by Gasteiger charge is 2.04. The highest BCUT2D eigenvalue weighted by Crippen LogP contribution is 2.12. The molecule has 0 aliphatic carbocycles. The number of hydrogen-bond donors (Lipinski definition) is 2. The molecule has 5 heteroatoms. The van der Waals surface area contributed by atoms with Crippen LogP contribution in [0.15, 0.2) is 41.3 Å². The van der Waals surface area contributed by atoms with E-state index in [0.29, 0.717) is 12.3 Å². The smallest absolute Gasteiger partial charge is 0.266 e. The molecular weight excluding hydrogens is 242 g/mol. The van der Waals surface area contributed by atoms with Crippen molar-refractivity contribution in [2.45, 2.75) is 19.9 Å². The minimum atomic E-state index is -0.225. The van der Waals surface area contributed by atoms with Crippen LogP contribution in [0.2, 0.25) is 0 Å². The monoisotopic (exact) mass is 259 g/mol. The van der Waals surface area contributed by atoms with Crippen LogP contribution in [-0.2, 0) is 0 Å². The number of H-pyrrole nitrogens is 1. The van der Waals surface area contributed by atoms with E-state index in [1.54, 1.807) is 6.20 Å². The number of aromatic nitrogens is 2. The zero-order chi connectivity index (χ0) is 13.7. The normalized spacial score (nSPS) is 11.9. The maximum atomic E-state index is 11.1. The molecule has 1 unspecified atom stereocenters. The fourth-order valence-electron chi connectivity index (χ4n) is 1.64. The summed E-state index contributed by atoms with van der Waals surface area (Å²) in [5.74, 6) is 0.836. The highest BCUT2D eigenvalue weighted by molar-refractivity contribution is 5.39. The van der Waals surface area contributed by atoms with Crippen molar-refractivity contribution in [3.8, 4) is 5.75 Å². The Labute approximate surface area is 111 Å². The molecule has 1 aromatic heterocycles. The van der Waals surface area contributed by atoms with Crippen LogP contribution in [0, 0.1) is 6.92 Å². The molecule has 1 atom stereocenters. The first kappa shape index (κ1) is 13.1. The van der Waals surface area contributed by atoms with Gasteiger partial charge in [-0.3, -0.25) is 4.79 Å². The molecule has 1 heterocycles. The van der Waals surface area contributed by atoms with E-state index in [9.17, 15) is 4.79 Å². The maximum absolute atomic E-state index is 11.1. The van der Waals surface area contributed by atoms with Gasteiger partial charge in [0.1, 0.15) is 12.4 Å². The summed E-state index contributed by atoms with van der Waals surface area (Å²) in [6, 6.07) is 9.44. The van der Waals surface area contributed by atoms with Crippen molar-refractivity contribution in [2.24, 2.45) is 0 Å². The van der Waals surface area contributed by atoms with E-state index >= 15 is 0 Å². The number of benzene rings is 1. The summed E-state index contributed by atoms with van der Waals surface area (Å²) in [5.41, 5.74) is 1.66. The first-order valence-corrected chi connectivity index (χ1v) is 6.14. The topological polar surface area (TPSA) is 67.0 Å².